The summed E-state index contributed by atoms with van der Waals surface area (Å²) in [4.78, 5) is 2.15. The highest BCUT2D eigenvalue weighted by Gasteiger charge is 2.35. The Labute approximate surface area is 147 Å². The molecule has 8 nitrogen and oxygen atoms in total. The van der Waals surface area contributed by atoms with E-state index in [1.54, 1.807) is 14.2 Å². The van der Waals surface area contributed by atoms with E-state index >= 15 is 0 Å². The van der Waals surface area contributed by atoms with Gasteiger partial charge in [0.25, 0.3) is 0 Å². The third kappa shape index (κ3) is 3.74. The fraction of sp³-hybridized carbons (Fsp3) is 0.588. The Bertz CT molecular complexity index is 676. The number of methoxy groups -OCH3 is 2. The van der Waals surface area contributed by atoms with Crippen LogP contribution in [0.15, 0.2) is 24.3 Å². The smallest absolute Gasteiger partial charge is 0.245 e. The zero-order chi connectivity index (χ0) is 17.7. The first-order chi connectivity index (χ1) is 12.2. The molecule has 0 aliphatic carbocycles. The summed E-state index contributed by atoms with van der Waals surface area (Å²) in [5.41, 5.74) is 0.690. The van der Waals surface area contributed by atoms with E-state index in [9.17, 15) is 5.11 Å². The van der Waals surface area contributed by atoms with Crippen molar-refractivity contribution in [2.24, 2.45) is 0 Å². The normalized spacial score (nSPS) is 16.8. The number of para-hydroxylation sites is 1. The second kappa shape index (κ2) is 7.79. The number of aromatic nitrogens is 4. The number of rotatable bonds is 7. The van der Waals surface area contributed by atoms with E-state index < -0.39 is 5.60 Å². The first-order valence-corrected chi connectivity index (χ1v) is 8.50. The molecule has 0 spiro atoms. The number of tetrazole rings is 1. The minimum atomic E-state index is -0.438. The lowest BCUT2D eigenvalue weighted by molar-refractivity contribution is -0.0674. The highest BCUT2D eigenvalue weighted by atomic mass is 16.5. The molecule has 1 aromatic heterocycles. The van der Waals surface area contributed by atoms with Crippen LogP contribution >= 0.6 is 0 Å². The molecule has 2 heterocycles. The molecule has 2 aromatic rings. The molecule has 0 saturated carbocycles. The number of nitrogens with zero attached hydrogens (tertiary/aromatic N) is 5. The lowest BCUT2D eigenvalue weighted by atomic mass is 9.92. The maximum absolute atomic E-state index is 9.57. The third-order valence-corrected chi connectivity index (χ3v) is 4.98. The van der Waals surface area contributed by atoms with E-state index in [1.807, 2.05) is 22.9 Å². The number of benzene rings is 1. The minimum Gasteiger partial charge on any atom is -0.496 e. The van der Waals surface area contributed by atoms with Gasteiger partial charge in [0.1, 0.15) is 5.75 Å². The molecular weight excluding hydrogens is 322 g/mol. The second-order valence-electron chi connectivity index (χ2n) is 6.30. The van der Waals surface area contributed by atoms with E-state index in [-0.39, 0.29) is 6.61 Å². The van der Waals surface area contributed by atoms with Gasteiger partial charge in [-0.3, -0.25) is 0 Å². The van der Waals surface area contributed by atoms with E-state index in [0.29, 0.717) is 6.54 Å². The van der Waals surface area contributed by atoms with Gasteiger partial charge in [0.15, 0.2) is 0 Å². The number of hydrogen-bond donors (Lipinski definition) is 1. The first-order valence-electron chi connectivity index (χ1n) is 8.50. The molecule has 1 fully saturated rings. The molecule has 0 unspecified atom stereocenters. The summed E-state index contributed by atoms with van der Waals surface area (Å²) in [6.45, 7) is 2.22. The zero-order valence-electron chi connectivity index (χ0n) is 14.8. The molecule has 25 heavy (non-hydrogen) atoms. The highest BCUT2D eigenvalue weighted by Crippen LogP contribution is 2.27. The summed E-state index contributed by atoms with van der Waals surface area (Å²) < 4.78 is 12.7. The van der Waals surface area contributed by atoms with E-state index in [2.05, 4.69) is 26.5 Å². The lowest BCUT2D eigenvalue weighted by Gasteiger charge is -2.39. The van der Waals surface area contributed by atoms with Crippen LogP contribution in [0, 0.1) is 0 Å². The molecule has 1 aromatic carbocycles. The molecule has 0 radical (unpaired) electrons. The van der Waals surface area contributed by atoms with E-state index in [0.717, 1.165) is 49.6 Å². The van der Waals surface area contributed by atoms with E-state index in [1.165, 1.54) is 0 Å². The summed E-state index contributed by atoms with van der Waals surface area (Å²) in [6.07, 6.45) is 2.28. The van der Waals surface area contributed by atoms with Crippen LogP contribution in [0.5, 0.6) is 5.75 Å². The third-order valence-electron chi connectivity index (χ3n) is 4.98. The number of aryl methyl sites for hydroxylation is 2. The van der Waals surface area contributed by atoms with Crippen molar-refractivity contribution in [1.82, 2.24) is 20.2 Å². The van der Waals surface area contributed by atoms with Gasteiger partial charge in [0, 0.05) is 20.2 Å². The van der Waals surface area contributed by atoms with Gasteiger partial charge in [-0.05, 0) is 41.3 Å². The maximum atomic E-state index is 9.57. The van der Waals surface area contributed by atoms with Crippen LogP contribution in [0.1, 0.15) is 18.4 Å². The summed E-state index contributed by atoms with van der Waals surface area (Å²) in [5.74, 6) is 1.64. The first kappa shape index (κ1) is 17.6. The molecule has 0 bridgehead atoms. The molecule has 1 N–H and O–H groups in total. The number of ether oxygens (including phenoxy) is 2. The van der Waals surface area contributed by atoms with Crippen molar-refractivity contribution in [1.29, 1.82) is 0 Å². The van der Waals surface area contributed by atoms with Crippen molar-refractivity contribution in [2.45, 2.75) is 31.4 Å². The second-order valence-corrected chi connectivity index (χ2v) is 6.30. The largest absolute Gasteiger partial charge is 0.496 e. The molecule has 1 aliphatic heterocycles. The number of piperidine rings is 1. The number of aliphatic hydroxyl groups excluding tert-OH is 1. The summed E-state index contributed by atoms with van der Waals surface area (Å²) >= 11 is 0. The predicted octanol–water partition coefficient (Wildman–Crippen LogP) is 0.902. The number of aliphatic hydroxyl groups is 1. The van der Waals surface area contributed by atoms with Gasteiger partial charge in [-0.2, -0.15) is 0 Å². The van der Waals surface area contributed by atoms with Crippen molar-refractivity contribution < 1.29 is 14.6 Å². The molecule has 0 atom stereocenters. The Morgan fingerprint density at radius 2 is 1.96 bits per heavy atom. The van der Waals surface area contributed by atoms with Gasteiger partial charge in [0.2, 0.25) is 5.95 Å². The number of anilines is 1. The van der Waals surface area contributed by atoms with Gasteiger partial charge in [-0.25, -0.2) is 4.68 Å². The SMILES string of the molecule is COc1ccccc1CCn1nnnc1N1CCC(CO)(OC)CC1. The van der Waals surface area contributed by atoms with Crippen LogP contribution in [-0.2, 0) is 17.7 Å². The van der Waals surface area contributed by atoms with Crippen molar-refractivity contribution in [3.8, 4) is 5.75 Å². The minimum absolute atomic E-state index is 0.0378. The van der Waals surface area contributed by atoms with Gasteiger partial charge in [-0.15, -0.1) is 0 Å². The average molecular weight is 347 g/mol. The Balaban J connectivity index is 1.65. The van der Waals surface area contributed by atoms with Gasteiger partial charge >= 0.3 is 0 Å². The zero-order valence-corrected chi connectivity index (χ0v) is 14.8. The van der Waals surface area contributed by atoms with Crippen molar-refractivity contribution >= 4 is 5.95 Å². The molecule has 0 amide bonds. The van der Waals surface area contributed by atoms with Crippen molar-refractivity contribution in [3.63, 3.8) is 0 Å². The summed E-state index contributed by atoms with van der Waals surface area (Å²) in [5, 5.41) is 21.7. The van der Waals surface area contributed by atoms with Gasteiger partial charge in [0.05, 0.1) is 25.9 Å². The quantitative estimate of drug-likeness (QED) is 0.796. The molecule has 3 rings (SSSR count). The van der Waals surface area contributed by atoms with Crippen LogP contribution < -0.4 is 9.64 Å². The fourth-order valence-electron chi connectivity index (χ4n) is 3.25. The predicted molar refractivity (Wildman–Crippen MR) is 92.8 cm³/mol. The highest BCUT2D eigenvalue weighted by molar-refractivity contribution is 5.34. The molecule has 1 saturated heterocycles. The van der Waals surface area contributed by atoms with Crippen LogP contribution in [0.25, 0.3) is 0 Å². The van der Waals surface area contributed by atoms with Crippen molar-refractivity contribution in [3.05, 3.63) is 29.8 Å². The Kier molecular flexibility index (Phi) is 5.50. The topological polar surface area (TPSA) is 85.5 Å². The molecule has 8 heteroatoms. The van der Waals surface area contributed by atoms with Gasteiger partial charge in [-0.1, -0.05) is 23.3 Å². The average Bonchev–Trinajstić information content (AvgIpc) is 3.15. The molecular formula is C17H25N5O3. The monoisotopic (exact) mass is 347 g/mol. The van der Waals surface area contributed by atoms with Gasteiger partial charge < -0.3 is 19.5 Å². The van der Waals surface area contributed by atoms with E-state index in [4.69, 9.17) is 9.47 Å². The Morgan fingerprint density at radius 3 is 2.64 bits per heavy atom. The van der Waals surface area contributed by atoms with Crippen LogP contribution in [0.2, 0.25) is 0 Å². The molecule has 136 valence electrons. The Hall–Kier alpha value is -2.19. The summed E-state index contributed by atoms with van der Waals surface area (Å²) in [7, 11) is 3.33. The summed E-state index contributed by atoms with van der Waals surface area (Å²) in [6, 6.07) is 7.97. The fourth-order valence-corrected chi connectivity index (χ4v) is 3.25. The van der Waals surface area contributed by atoms with Crippen molar-refractivity contribution in [2.75, 3.05) is 38.8 Å². The van der Waals surface area contributed by atoms with Crippen LogP contribution in [0.4, 0.5) is 5.95 Å². The molecule has 1 aliphatic rings. The van der Waals surface area contributed by atoms with Crippen LogP contribution in [0.3, 0.4) is 0 Å². The number of hydrogen-bond acceptors (Lipinski definition) is 7. The maximum Gasteiger partial charge on any atom is 0.245 e. The van der Waals surface area contributed by atoms with Crippen LogP contribution in [-0.4, -0.2) is 64.8 Å². The lowest BCUT2D eigenvalue weighted by Crippen LogP contribution is -2.48. The Morgan fingerprint density at radius 1 is 1.20 bits per heavy atom. The standard InChI is InChI=1S/C17H25N5O3/c1-24-15-6-4-3-5-14(15)7-10-22-16(18-19-20-22)21-11-8-17(13-23,25-2)9-12-21/h3-6,23H,7-13H2,1-2H3.